The number of hydrogen-bond acceptors (Lipinski definition) is 4. The molecule has 1 N–H and O–H groups in total. The molecule has 2 aromatic rings. The van der Waals surface area contributed by atoms with Crippen LogP contribution in [0.2, 0.25) is 0 Å². The quantitative estimate of drug-likeness (QED) is 0.535. The van der Waals surface area contributed by atoms with E-state index in [0.717, 1.165) is 5.56 Å². The third kappa shape index (κ3) is 5.84. The summed E-state index contributed by atoms with van der Waals surface area (Å²) in [6.07, 6.45) is 0. The number of methoxy groups -OCH3 is 1. The molecule has 0 spiro atoms. The number of thiocarbonyl (C=S) groups is 1. The van der Waals surface area contributed by atoms with Crippen molar-refractivity contribution in [3.63, 3.8) is 0 Å². The maximum atomic E-state index is 14.3. The molecule has 1 atom stereocenters. The lowest BCUT2D eigenvalue weighted by Crippen LogP contribution is -2.48. The predicted octanol–water partition coefficient (Wildman–Crippen LogP) is 4.42. The van der Waals surface area contributed by atoms with Crippen LogP contribution in [-0.4, -0.2) is 34.9 Å². The molecular weight excluding hydrogens is 391 g/mol. The fourth-order valence-corrected chi connectivity index (χ4v) is 3.57. The van der Waals surface area contributed by atoms with Gasteiger partial charge in [0, 0.05) is 13.5 Å². The van der Waals surface area contributed by atoms with Crippen molar-refractivity contribution < 1.29 is 18.7 Å². The van der Waals surface area contributed by atoms with Gasteiger partial charge >= 0.3 is 5.97 Å². The number of benzene rings is 2. The summed E-state index contributed by atoms with van der Waals surface area (Å²) in [5, 5.41) is 2.89. The van der Waals surface area contributed by atoms with Crippen LogP contribution in [0.15, 0.2) is 48.5 Å². The predicted molar refractivity (Wildman–Crippen MR) is 115 cm³/mol. The lowest BCUT2D eigenvalue weighted by molar-refractivity contribution is -0.131. The number of nitrogens with zero attached hydrogens (tertiary/aromatic N) is 1. The number of ether oxygens (including phenoxy) is 1. The van der Waals surface area contributed by atoms with Gasteiger partial charge in [-0.15, -0.1) is 0 Å². The molecule has 0 fully saturated rings. The molecule has 0 saturated heterocycles. The summed E-state index contributed by atoms with van der Waals surface area (Å²) < 4.78 is 19.0. The zero-order valence-corrected chi connectivity index (χ0v) is 17.8. The number of carbonyl (C=O) groups is 2. The number of esters is 1. The standard InChI is InChI=1S/C22H25FN2O3S/c1-14(2)20(25(15(3)26)13-16-8-6-5-7-9-16)21(29)24-19-12-17(22(27)28-4)10-11-18(19)23/h5-12,14,20H,13H2,1-4H3,(H,24,29). The van der Waals surface area contributed by atoms with E-state index in [1.807, 2.05) is 44.2 Å². The first-order valence-corrected chi connectivity index (χ1v) is 9.65. The van der Waals surface area contributed by atoms with Crippen molar-refractivity contribution in [3.05, 3.63) is 65.5 Å². The molecule has 0 bridgehead atoms. The van der Waals surface area contributed by atoms with Crippen LogP contribution in [0.3, 0.4) is 0 Å². The zero-order valence-electron chi connectivity index (χ0n) is 16.9. The van der Waals surface area contributed by atoms with Gasteiger partial charge in [-0.3, -0.25) is 4.79 Å². The summed E-state index contributed by atoms with van der Waals surface area (Å²) in [5.74, 6) is -1.29. The molecule has 7 heteroatoms. The Morgan fingerprint density at radius 3 is 2.38 bits per heavy atom. The van der Waals surface area contributed by atoms with E-state index in [1.165, 1.54) is 32.2 Å². The molecule has 2 aromatic carbocycles. The lowest BCUT2D eigenvalue weighted by Gasteiger charge is -2.34. The van der Waals surface area contributed by atoms with Gasteiger partial charge in [-0.05, 0) is 29.7 Å². The Hall–Kier alpha value is -2.80. The van der Waals surface area contributed by atoms with E-state index < -0.39 is 17.8 Å². The Labute approximate surface area is 175 Å². The summed E-state index contributed by atoms with van der Waals surface area (Å²) in [4.78, 5) is 26.1. The second-order valence-corrected chi connectivity index (χ2v) is 7.44. The van der Waals surface area contributed by atoms with E-state index in [9.17, 15) is 14.0 Å². The maximum Gasteiger partial charge on any atom is 0.337 e. The molecule has 154 valence electrons. The van der Waals surface area contributed by atoms with Crippen molar-refractivity contribution in [1.82, 2.24) is 4.90 Å². The van der Waals surface area contributed by atoms with Crippen LogP contribution < -0.4 is 5.32 Å². The molecule has 0 aromatic heterocycles. The summed E-state index contributed by atoms with van der Waals surface area (Å²) in [7, 11) is 1.26. The van der Waals surface area contributed by atoms with Gasteiger partial charge in [-0.1, -0.05) is 56.4 Å². The Balaban J connectivity index is 2.30. The Kier molecular flexibility index (Phi) is 7.84. The van der Waals surface area contributed by atoms with Crippen LogP contribution in [0.4, 0.5) is 10.1 Å². The van der Waals surface area contributed by atoms with Crippen LogP contribution in [0.1, 0.15) is 36.7 Å². The Bertz CT molecular complexity index is 887. The molecule has 0 heterocycles. The zero-order chi connectivity index (χ0) is 21.6. The summed E-state index contributed by atoms with van der Waals surface area (Å²) in [6, 6.07) is 13.0. The topological polar surface area (TPSA) is 58.6 Å². The number of rotatable bonds is 7. The third-order valence-corrected chi connectivity index (χ3v) is 4.82. The van der Waals surface area contributed by atoms with Crippen LogP contribution >= 0.6 is 12.2 Å². The molecule has 0 aliphatic heterocycles. The van der Waals surface area contributed by atoms with Gasteiger partial charge in [0.25, 0.3) is 0 Å². The highest BCUT2D eigenvalue weighted by Gasteiger charge is 2.29. The number of amides is 1. The number of nitrogens with one attached hydrogen (secondary N) is 1. The second kappa shape index (κ2) is 10.1. The molecule has 29 heavy (non-hydrogen) atoms. The normalized spacial score (nSPS) is 11.7. The van der Waals surface area contributed by atoms with E-state index in [0.29, 0.717) is 11.5 Å². The summed E-state index contributed by atoms with van der Waals surface area (Å²) in [5.41, 5.74) is 1.23. The van der Waals surface area contributed by atoms with Crippen LogP contribution in [0.25, 0.3) is 0 Å². The number of carbonyl (C=O) groups excluding carboxylic acids is 2. The molecule has 0 saturated carbocycles. The fourth-order valence-electron chi connectivity index (χ4n) is 3.06. The fraction of sp³-hybridized carbons (Fsp3) is 0.318. The first kappa shape index (κ1) is 22.5. The van der Waals surface area contributed by atoms with Crippen molar-refractivity contribution in [2.45, 2.75) is 33.4 Å². The highest BCUT2D eigenvalue weighted by molar-refractivity contribution is 7.80. The van der Waals surface area contributed by atoms with Gasteiger partial charge in [0.2, 0.25) is 5.91 Å². The van der Waals surface area contributed by atoms with Crippen LogP contribution in [0.5, 0.6) is 0 Å². The molecule has 1 unspecified atom stereocenters. The SMILES string of the molecule is COC(=O)c1ccc(F)c(NC(=S)C(C(C)C)N(Cc2ccccc2)C(C)=O)c1. The monoisotopic (exact) mass is 416 g/mol. The van der Waals surface area contributed by atoms with E-state index in [4.69, 9.17) is 12.2 Å². The van der Waals surface area contributed by atoms with Crippen molar-refractivity contribution >= 4 is 34.8 Å². The average molecular weight is 417 g/mol. The molecule has 2 rings (SSSR count). The highest BCUT2D eigenvalue weighted by Crippen LogP contribution is 2.22. The van der Waals surface area contributed by atoms with Crippen molar-refractivity contribution in [2.75, 3.05) is 12.4 Å². The van der Waals surface area contributed by atoms with Gasteiger partial charge < -0.3 is 15.0 Å². The number of halogens is 1. The Morgan fingerprint density at radius 2 is 1.83 bits per heavy atom. The van der Waals surface area contributed by atoms with Gasteiger partial charge in [0.1, 0.15) is 10.8 Å². The number of anilines is 1. The largest absolute Gasteiger partial charge is 0.465 e. The minimum atomic E-state index is -0.575. The molecule has 5 nitrogen and oxygen atoms in total. The van der Waals surface area contributed by atoms with Gasteiger partial charge in [-0.25, -0.2) is 9.18 Å². The molecule has 1 amide bonds. The first-order chi connectivity index (χ1) is 13.7. The molecule has 0 radical (unpaired) electrons. The van der Waals surface area contributed by atoms with E-state index >= 15 is 0 Å². The third-order valence-electron chi connectivity index (χ3n) is 4.48. The average Bonchev–Trinajstić information content (AvgIpc) is 2.69. The number of hydrogen-bond donors (Lipinski definition) is 1. The van der Waals surface area contributed by atoms with Gasteiger partial charge in [-0.2, -0.15) is 0 Å². The molecule has 0 aliphatic rings. The van der Waals surface area contributed by atoms with Crippen LogP contribution in [-0.2, 0) is 16.1 Å². The van der Waals surface area contributed by atoms with E-state index in [1.54, 1.807) is 4.90 Å². The van der Waals surface area contributed by atoms with Crippen molar-refractivity contribution in [2.24, 2.45) is 5.92 Å². The van der Waals surface area contributed by atoms with E-state index in [2.05, 4.69) is 10.1 Å². The molecule has 0 aliphatic carbocycles. The summed E-state index contributed by atoms with van der Waals surface area (Å²) >= 11 is 5.55. The van der Waals surface area contributed by atoms with Crippen LogP contribution in [0, 0.1) is 11.7 Å². The summed E-state index contributed by atoms with van der Waals surface area (Å²) in [6.45, 7) is 5.76. The van der Waals surface area contributed by atoms with Crippen molar-refractivity contribution in [3.8, 4) is 0 Å². The smallest absolute Gasteiger partial charge is 0.337 e. The lowest BCUT2D eigenvalue weighted by atomic mass is 10.0. The highest BCUT2D eigenvalue weighted by atomic mass is 32.1. The van der Waals surface area contributed by atoms with E-state index in [-0.39, 0.29) is 23.1 Å². The molecular formula is C22H25FN2O3S. The maximum absolute atomic E-state index is 14.3. The minimum Gasteiger partial charge on any atom is -0.465 e. The first-order valence-electron chi connectivity index (χ1n) is 9.24. The van der Waals surface area contributed by atoms with Crippen molar-refractivity contribution in [1.29, 1.82) is 0 Å². The second-order valence-electron chi connectivity index (χ2n) is 7.00. The van der Waals surface area contributed by atoms with Gasteiger partial charge in [0.05, 0.1) is 24.4 Å². The minimum absolute atomic E-state index is 0.0190. The Morgan fingerprint density at radius 1 is 1.17 bits per heavy atom. The van der Waals surface area contributed by atoms with Gasteiger partial charge in [0.15, 0.2) is 0 Å².